The summed E-state index contributed by atoms with van der Waals surface area (Å²) in [6.45, 7) is 5.58. The Morgan fingerprint density at radius 3 is 2.84 bits per heavy atom. The van der Waals surface area contributed by atoms with E-state index in [2.05, 4.69) is 28.6 Å². The van der Waals surface area contributed by atoms with E-state index < -0.39 is 29.7 Å². The Bertz CT molecular complexity index is 2080. The van der Waals surface area contributed by atoms with Crippen molar-refractivity contribution < 1.29 is 27.8 Å². The van der Waals surface area contributed by atoms with Gasteiger partial charge in [-0.2, -0.15) is 20.5 Å². The number of amides is 1. The zero-order valence-electron chi connectivity index (χ0n) is 26.7. The van der Waals surface area contributed by atoms with E-state index in [1.54, 1.807) is 24.1 Å². The average Bonchev–Trinajstić information content (AvgIpc) is 3.84. The summed E-state index contributed by atoms with van der Waals surface area (Å²) >= 11 is 0.969. The van der Waals surface area contributed by atoms with Gasteiger partial charge in [-0.05, 0) is 49.2 Å². The number of benzene rings is 2. The molecule has 2 aromatic carbocycles. The van der Waals surface area contributed by atoms with Crippen molar-refractivity contribution in [3.05, 3.63) is 53.9 Å². The number of thiophene rings is 1. The minimum atomic E-state index is -0.939. The van der Waals surface area contributed by atoms with Crippen LogP contribution in [-0.4, -0.2) is 89.5 Å². The van der Waals surface area contributed by atoms with E-state index in [1.807, 2.05) is 0 Å². The Morgan fingerprint density at radius 1 is 1.24 bits per heavy atom. The van der Waals surface area contributed by atoms with Gasteiger partial charge in [0.15, 0.2) is 0 Å². The van der Waals surface area contributed by atoms with Gasteiger partial charge in [-0.25, -0.2) is 8.78 Å². The summed E-state index contributed by atoms with van der Waals surface area (Å²) in [5.41, 5.74) is 7.19. The van der Waals surface area contributed by atoms with E-state index in [9.17, 15) is 24.1 Å². The van der Waals surface area contributed by atoms with Gasteiger partial charge in [-0.1, -0.05) is 12.6 Å². The number of halogens is 2. The molecule has 4 aromatic rings. The predicted molar refractivity (Wildman–Crippen MR) is 179 cm³/mol. The van der Waals surface area contributed by atoms with Gasteiger partial charge in [0.1, 0.15) is 35.8 Å². The predicted octanol–water partition coefficient (Wildman–Crippen LogP) is 5.11. The molecule has 3 fully saturated rings. The number of carbonyl (C=O) groups excluding carboxylic acids is 1. The fourth-order valence-corrected chi connectivity index (χ4v) is 8.58. The van der Waals surface area contributed by atoms with Gasteiger partial charge >= 0.3 is 6.01 Å². The molecule has 0 aliphatic carbocycles. The second-order valence-electron chi connectivity index (χ2n) is 12.7. The second kappa shape index (κ2) is 12.9. The van der Waals surface area contributed by atoms with Crippen molar-refractivity contribution >= 4 is 43.2 Å². The Kier molecular flexibility index (Phi) is 8.57. The minimum absolute atomic E-state index is 0.00347. The number of hydrogen-bond acceptors (Lipinski definition) is 11. The number of aromatic nitrogens is 2. The van der Waals surface area contributed by atoms with Crippen LogP contribution in [-0.2, 0) is 9.53 Å². The molecule has 3 saturated heterocycles. The van der Waals surface area contributed by atoms with Crippen LogP contribution in [0.1, 0.15) is 36.8 Å². The van der Waals surface area contributed by atoms with Gasteiger partial charge in [0, 0.05) is 44.0 Å². The number of nitriles is 2. The van der Waals surface area contributed by atoms with Crippen molar-refractivity contribution in [3.8, 4) is 35.2 Å². The zero-order valence-corrected chi connectivity index (χ0v) is 27.6. The Morgan fingerprint density at radius 2 is 2.08 bits per heavy atom. The van der Waals surface area contributed by atoms with E-state index in [4.69, 9.17) is 24.9 Å². The molecule has 3 aliphatic rings. The van der Waals surface area contributed by atoms with Crippen LogP contribution in [0, 0.1) is 28.5 Å². The minimum Gasteiger partial charge on any atom is -0.471 e. The Labute approximate surface area is 285 Å². The average molecular weight is 686 g/mol. The number of nitrogen functional groups attached to an aromatic ring is 1. The highest BCUT2D eigenvalue weighted by Gasteiger charge is 2.49. The van der Waals surface area contributed by atoms with Crippen LogP contribution in [0.4, 0.5) is 13.8 Å². The number of anilines is 1. The fourth-order valence-electron chi connectivity index (χ4n) is 7.63. The van der Waals surface area contributed by atoms with Crippen LogP contribution in [0.5, 0.6) is 11.9 Å². The molecule has 49 heavy (non-hydrogen) atoms. The summed E-state index contributed by atoms with van der Waals surface area (Å²) in [5, 5.41) is 21.1. The summed E-state index contributed by atoms with van der Waals surface area (Å²) in [4.78, 5) is 25.8. The summed E-state index contributed by atoms with van der Waals surface area (Å²) in [6, 6.07) is 9.92. The molecule has 0 bridgehead atoms. The van der Waals surface area contributed by atoms with Gasteiger partial charge in [0.2, 0.25) is 11.8 Å². The normalized spacial score (nSPS) is 23.4. The number of hydrogen-bond donors (Lipinski definition) is 1. The molecule has 0 spiro atoms. The summed E-state index contributed by atoms with van der Waals surface area (Å²) in [6.07, 6.45) is 2.37. The van der Waals surface area contributed by atoms with E-state index in [-0.39, 0.29) is 51.8 Å². The molecule has 3 aliphatic heterocycles. The fraction of sp³-hybridized carbons (Fsp3) is 0.400. The monoisotopic (exact) mass is 685 g/mol. The number of nitrogens with zero attached hydrogens (tertiary/aromatic N) is 6. The van der Waals surface area contributed by atoms with Crippen LogP contribution in [0.15, 0.2) is 36.9 Å². The maximum Gasteiger partial charge on any atom is 0.320 e. The molecule has 0 saturated carbocycles. The number of carbonyl (C=O) groups is 1. The molecule has 4 unspecified atom stereocenters. The van der Waals surface area contributed by atoms with Crippen LogP contribution >= 0.6 is 11.3 Å². The number of nitrogens with two attached hydrogens (primary N) is 1. The molecule has 7 rings (SSSR count). The van der Waals surface area contributed by atoms with Crippen molar-refractivity contribution in [3.63, 3.8) is 0 Å². The second-order valence-corrected chi connectivity index (χ2v) is 13.7. The first kappa shape index (κ1) is 32.6. The van der Waals surface area contributed by atoms with E-state index in [0.29, 0.717) is 53.3 Å². The highest BCUT2D eigenvalue weighted by Crippen LogP contribution is 2.44. The maximum atomic E-state index is 14.9. The lowest BCUT2D eigenvalue weighted by molar-refractivity contribution is -0.128. The topological polar surface area (TPSA) is 151 Å². The summed E-state index contributed by atoms with van der Waals surface area (Å²) in [5.74, 6) is -0.640. The number of rotatable bonds is 9. The number of methoxy groups -OCH3 is 1. The molecular weight excluding hydrogens is 652 g/mol. The van der Waals surface area contributed by atoms with Crippen LogP contribution in [0.2, 0.25) is 0 Å². The molecule has 11 nitrogen and oxygen atoms in total. The number of likely N-dealkylation sites (tertiary alicyclic amines) is 1. The Hall–Kier alpha value is -4.89. The Balaban J connectivity index is 1.35. The smallest absolute Gasteiger partial charge is 0.320 e. The van der Waals surface area contributed by atoms with E-state index >= 15 is 0 Å². The lowest BCUT2D eigenvalue weighted by atomic mass is 9.94. The number of alkyl halides is 1. The SMILES string of the molecule is C=CC(=O)N1CCC(Oc2nc(OCC34CCCN3CC(F)C4)nc3cc(-c4ccc(F)c5sc(N)c(C#N)c45)c(C#N)cc23)C1COC. The van der Waals surface area contributed by atoms with Crippen molar-refractivity contribution in [1.82, 2.24) is 19.8 Å². The van der Waals surface area contributed by atoms with Crippen LogP contribution in [0.3, 0.4) is 0 Å². The first-order valence-electron chi connectivity index (χ1n) is 16.0. The molecule has 252 valence electrons. The van der Waals surface area contributed by atoms with Crippen LogP contribution < -0.4 is 15.2 Å². The number of fused-ring (bicyclic) bond motifs is 3. The summed E-state index contributed by atoms with van der Waals surface area (Å²) in [7, 11) is 1.54. The van der Waals surface area contributed by atoms with E-state index in [0.717, 1.165) is 30.7 Å². The lowest BCUT2D eigenvalue weighted by Crippen LogP contribution is -2.44. The molecule has 0 radical (unpaired) electrons. The van der Waals surface area contributed by atoms with Crippen molar-refractivity contribution in [1.29, 1.82) is 10.5 Å². The highest BCUT2D eigenvalue weighted by atomic mass is 32.1. The van der Waals surface area contributed by atoms with Gasteiger partial charge in [0.05, 0.1) is 51.0 Å². The van der Waals surface area contributed by atoms with Gasteiger partial charge < -0.3 is 24.8 Å². The summed E-state index contributed by atoms with van der Waals surface area (Å²) < 4.78 is 47.9. The molecule has 5 heterocycles. The third-order valence-electron chi connectivity index (χ3n) is 9.89. The quantitative estimate of drug-likeness (QED) is 0.236. The molecule has 14 heteroatoms. The largest absolute Gasteiger partial charge is 0.471 e. The first-order chi connectivity index (χ1) is 23.7. The molecule has 4 atom stereocenters. The van der Waals surface area contributed by atoms with Gasteiger partial charge in [0.25, 0.3) is 0 Å². The van der Waals surface area contributed by atoms with Crippen molar-refractivity contribution in [2.24, 2.45) is 0 Å². The molecular formula is C35H33F2N7O4S. The number of ether oxygens (including phenoxy) is 3. The molecule has 2 aromatic heterocycles. The van der Waals surface area contributed by atoms with Gasteiger partial charge in [-0.15, -0.1) is 11.3 Å². The van der Waals surface area contributed by atoms with Crippen molar-refractivity contribution in [2.45, 2.75) is 49.5 Å². The molecule has 2 N–H and O–H groups in total. The zero-order chi connectivity index (χ0) is 34.4. The van der Waals surface area contributed by atoms with Gasteiger partial charge in [-0.3, -0.25) is 9.69 Å². The maximum absolute atomic E-state index is 14.9. The molecule has 1 amide bonds. The lowest BCUT2D eigenvalue weighted by Gasteiger charge is -2.31. The van der Waals surface area contributed by atoms with Crippen molar-refractivity contribution in [2.75, 3.05) is 45.7 Å². The highest BCUT2D eigenvalue weighted by molar-refractivity contribution is 7.23. The third kappa shape index (κ3) is 5.60. The standard InChI is InChI=1S/C35H33F2N7O4S/c1-3-29(45)44-10-7-28(27(44)17-46-2)48-33-23-11-19(14-38)22(21-5-6-25(37)31-30(21)24(15-39)32(40)49-31)12-26(23)41-34(42-33)47-18-35-8-4-9-43(35)16-20(36)13-35/h3,5-6,11-12,20,27-28H,1,4,7-10,13,16-18,40H2,2H3. The first-order valence-corrected chi connectivity index (χ1v) is 16.8. The van der Waals surface area contributed by atoms with E-state index in [1.165, 1.54) is 18.2 Å². The van der Waals surface area contributed by atoms with Crippen LogP contribution in [0.25, 0.3) is 32.1 Å². The third-order valence-corrected chi connectivity index (χ3v) is 10.9.